The molecule has 2 fully saturated rings. The second-order valence-corrected chi connectivity index (χ2v) is 7.96. The fourth-order valence-corrected chi connectivity index (χ4v) is 4.44. The van der Waals surface area contributed by atoms with E-state index in [9.17, 15) is 4.79 Å². The van der Waals surface area contributed by atoms with Gasteiger partial charge in [0.15, 0.2) is 5.96 Å². The number of guanidine groups is 1. The van der Waals surface area contributed by atoms with E-state index < -0.39 is 0 Å². The highest BCUT2D eigenvalue weighted by Crippen LogP contribution is 2.36. The van der Waals surface area contributed by atoms with Crippen molar-refractivity contribution >= 4 is 35.8 Å². The molecule has 0 aromatic heterocycles. The average molecular weight is 514 g/mol. The minimum Gasteiger partial charge on any atom is -0.381 e. The largest absolute Gasteiger partial charge is 0.381 e. The summed E-state index contributed by atoms with van der Waals surface area (Å²) in [6.07, 6.45) is 3.54. The normalized spacial score (nSPS) is 21.4. The molecular weight excluding hydrogens is 479 g/mol. The standard InChI is InChI=1S/C22H34N4O2.HI/c1-4-20(27)26-12-9-18(15-26)25-21(23-3)24-16-22(10-13-28-14-11-22)19-8-6-5-7-17(19)2;/h5-8,18H,4,9-16H2,1-3H3,(H2,23,24,25);1H. The topological polar surface area (TPSA) is 66.0 Å². The first-order chi connectivity index (χ1) is 13.6. The smallest absolute Gasteiger partial charge is 0.222 e. The maximum atomic E-state index is 11.9. The van der Waals surface area contributed by atoms with Gasteiger partial charge in [0.05, 0.1) is 0 Å². The fraction of sp³-hybridized carbons (Fsp3) is 0.636. The van der Waals surface area contributed by atoms with E-state index in [0.717, 1.165) is 58.1 Å². The number of rotatable bonds is 5. The highest BCUT2D eigenvalue weighted by atomic mass is 127. The number of benzene rings is 1. The van der Waals surface area contributed by atoms with Crippen molar-refractivity contribution in [2.75, 3.05) is 39.9 Å². The van der Waals surface area contributed by atoms with Gasteiger partial charge in [-0.1, -0.05) is 31.2 Å². The number of aryl methyl sites for hydroxylation is 1. The van der Waals surface area contributed by atoms with Crippen LogP contribution in [0.3, 0.4) is 0 Å². The number of aliphatic imine (C=N–C) groups is 1. The molecular formula is C22H35IN4O2. The number of hydrogen-bond acceptors (Lipinski definition) is 3. The number of halogens is 1. The first kappa shape index (κ1) is 23.9. The summed E-state index contributed by atoms with van der Waals surface area (Å²) in [5.74, 6) is 1.04. The van der Waals surface area contributed by atoms with Gasteiger partial charge in [-0.2, -0.15) is 0 Å². The van der Waals surface area contributed by atoms with Crippen molar-refractivity contribution in [1.29, 1.82) is 0 Å². The lowest BCUT2D eigenvalue weighted by Crippen LogP contribution is -2.50. The number of amides is 1. The van der Waals surface area contributed by atoms with Gasteiger partial charge in [-0.3, -0.25) is 9.79 Å². The van der Waals surface area contributed by atoms with Gasteiger partial charge in [0, 0.05) is 57.8 Å². The van der Waals surface area contributed by atoms with Gasteiger partial charge >= 0.3 is 0 Å². The molecule has 0 spiro atoms. The van der Waals surface area contributed by atoms with E-state index in [1.807, 2.05) is 18.9 Å². The Balaban J connectivity index is 0.00000300. The number of hydrogen-bond donors (Lipinski definition) is 2. The fourth-order valence-electron chi connectivity index (χ4n) is 4.44. The lowest BCUT2D eigenvalue weighted by atomic mass is 9.72. The van der Waals surface area contributed by atoms with Crippen LogP contribution in [0.25, 0.3) is 0 Å². The molecule has 7 heteroatoms. The summed E-state index contributed by atoms with van der Waals surface area (Å²) >= 11 is 0. The van der Waals surface area contributed by atoms with E-state index in [-0.39, 0.29) is 41.3 Å². The molecule has 0 aliphatic carbocycles. The van der Waals surface area contributed by atoms with E-state index in [2.05, 4.69) is 46.8 Å². The number of likely N-dealkylation sites (tertiary alicyclic amines) is 1. The summed E-state index contributed by atoms with van der Waals surface area (Å²) in [6.45, 7) is 8.10. The lowest BCUT2D eigenvalue weighted by molar-refractivity contribution is -0.129. The molecule has 1 unspecified atom stereocenters. The van der Waals surface area contributed by atoms with Gasteiger partial charge in [0.2, 0.25) is 5.91 Å². The van der Waals surface area contributed by atoms with Gasteiger partial charge in [-0.05, 0) is 37.3 Å². The molecule has 6 nitrogen and oxygen atoms in total. The molecule has 1 aromatic rings. The Kier molecular flexibility index (Phi) is 9.20. The zero-order valence-corrected chi connectivity index (χ0v) is 20.2. The Hall–Kier alpha value is -1.35. The first-order valence-corrected chi connectivity index (χ1v) is 10.5. The van der Waals surface area contributed by atoms with Crippen molar-refractivity contribution in [2.24, 2.45) is 4.99 Å². The number of ether oxygens (including phenoxy) is 1. The van der Waals surface area contributed by atoms with Crippen LogP contribution in [-0.2, 0) is 14.9 Å². The summed E-state index contributed by atoms with van der Waals surface area (Å²) in [7, 11) is 1.81. The number of nitrogens with one attached hydrogen (secondary N) is 2. The third kappa shape index (κ3) is 5.84. The number of carbonyl (C=O) groups excluding carboxylic acids is 1. The lowest BCUT2D eigenvalue weighted by Gasteiger charge is -2.39. The Morgan fingerprint density at radius 3 is 2.69 bits per heavy atom. The summed E-state index contributed by atoms with van der Waals surface area (Å²) in [6, 6.07) is 8.93. The molecule has 162 valence electrons. The molecule has 2 aliphatic rings. The molecule has 1 amide bonds. The molecule has 2 aliphatic heterocycles. The molecule has 1 atom stereocenters. The van der Waals surface area contributed by atoms with Crippen molar-refractivity contribution in [3.63, 3.8) is 0 Å². The minimum atomic E-state index is 0. The Morgan fingerprint density at radius 2 is 2.03 bits per heavy atom. The van der Waals surface area contributed by atoms with Gasteiger partial charge in [0.25, 0.3) is 0 Å². The summed E-state index contributed by atoms with van der Waals surface area (Å²) in [4.78, 5) is 18.3. The van der Waals surface area contributed by atoms with Crippen LogP contribution in [-0.4, -0.2) is 62.7 Å². The molecule has 3 rings (SSSR count). The maximum Gasteiger partial charge on any atom is 0.222 e. The second-order valence-electron chi connectivity index (χ2n) is 7.96. The van der Waals surface area contributed by atoms with Crippen LogP contribution in [0.15, 0.2) is 29.3 Å². The van der Waals surface area contributed by atoms with E-state index in [0.29, 0.717) is 6.42 Å². The number of nitrogens with zero attached hydrogens (tertiary/aromatic N) is 2. The monoisotopic (exact) mass is 514 g/mol. The van der Waals surface area contributed by atoms with Crippen LogP contribution in [0.4, 0.5) is 0 Å². The third-order valence-electron chi connectivity index (χ3n) is 6.17. The van der Waals surface area contributed by atoms with Crippen LogP contribution >= 0.6 is 24.0 Å². The van der Waals surface area contributed by atoms with Crippen LogP contribution < -0.4 is 10.6 Å². The van der Waals surface area contributed by atoms with Crippen molar-refractivity contribution in [3.05, 3.63) is 35.4 Å². The molecule has 2 saturated heterocycles. The summed E-state index contributed by atoms with van der Waals surface area (Å²) in [5, 5.41) is 7.08. The number of carbonyl (C=O) groups is 1. The van der Waals surface area contributed by atoms with Crippen LogP contribution in [0.1, 0.15) is 43.7 Å². The van der Waals surface area contributed by atoms with Crippen LogP contribution in [0.2, 0.25) is 0 Å². The van der Waals surface area contributed by atoms with E-state index >= 15 is 0 Å². The molecule has 2 N–H and O–H groups in total. The zero-order chi connectivity index (χ0) is 20.0. The van der Waals surface area contributed by atoms with E-state index in [4.69, 9.17) is 4.74 Å². The van der Waals surface area contributed by atoms with Gasteiger partial charge in [0.1, 0.15) is 0 Å². The predicted molar refractivity (Wildman–Crippen MR) is 128 cm³/mol. The molecule has 29 heavy (non-hydrogen) atoms. The summed E-state index contributed by atoms with van der Waals surface area (Å²) < 4.78 is 5.66. The maximum absolute atomic E-state index is 11.9. The van der Waals surface area contributed by atoms with Gasteiger partial charge < -0.3 is 20.3 Å². The highest BCUT2D eigenvalue weighted by Gasteiger charge is 2.36. The minimum absolute atomic E-state index is 0. The molecule has 1 aromatic carbocycles. The zero-order valence-electron chi connectivity index (χ0n) is 17.9. The van der Waals surface area contributed by atoms with Crippen LogP contribution in [0.5, 0.6) is 0 Å². The van der Waals surface area contributed by atoms with Gasteiger partial charge in [-0.25, -0.2) is 0 Å². The second kappa shape index (κ2) is 11.2. The average Bonchev–Trinajstić information content (AvgIpc) is 3.20. The molecule has 0 saturated carbocycles. The predicted octanol–water partition coefficient (Wildman–Crippen LogP) is 2.84. The van der Waals surface area contributed by atoms with Crippen molar-refractivity contribution in [1.82, 2.24) is 15.5 Å². The first-order valence-electron chi connectivity index (χ1n) is 10.5. The van der Waals surface area contributed by atoms with Gasteiger partial charge in [-0.15, -0.1) is 24.0 Å². The molecule has 0 radical (unpaired) electrons. The SMILES string of the molecule is CCC(=O)N1CCC(NC(=NC)NCC2(c3ccccc3C)CCOCC2)C1.I. The molecule has 2 heterocycles. The van der Waals surface area contributed by atoms with E-state index in [1.54, 1.807) is 0 Å². The van der Waals surface area contributed by atoms with Crippen molar-refractivity contribution < 1.29 is 9.53 Å². The Labute approximate surface area is 191 Å². The molecule has 0 bridgehead atoms. The third-order valence-corrected chi connectivity index (χ3v) is 6.17. The quantitative estimate of drug-likeness (QED) is 0.361. The van der Waals surface area contributed by atoms with E-state index in [1.165, 1.54) is 11.1 Å². The Bertz CT molecular complexity index is 704. The van der Waals surface area contributed by atoms with Crippen molar-refractivity contribution in [3.8, 4) is 0 Å². The Morgan fingerprint density at radius 1 is 1.31 bits per heavy atom. The van der Waals surface area contributed by atoms with Crippen molar-refractivity contribution in [2.45, 2.75) is 51.0 Å². The highest BCUT2D eigenvalue weighted by molar-refractivity contribution is 14.0. The summed E-state index contributed by atoms with van der Waals surface area (Å²) in [5.41, 5.74) is 2.79. The van der Waals surface area contributed by atoms with Crippen LogP contribution in [0, 0.1) is 6.92 Å².